The van der Waals surface area contributed by atoms with Crippen LogP contribution in [0.2, 0.25) is 0 Å². The number of hydrogen-bond donors (Lipinski definition) is 3. The zero-order valence-corrected chi connectivity index (χ0v) is 31.1. The molecule has 2 saturated heterocycles. The van der Waals surface area contributed by atoms with Crippen molar-refractivity contribution in [1.29, 1.82) is 0 Å². The van der Waals surface area contributed by atoms with Gasteiger partial charge in [0.05, 0.1) is 23.7 Å². The zero-order valence-electron chi connectivity index (χ0n) is 30.2. The number of aliphatic hydroxyl groups is 1. The van der Waals surface area contributed by atoms with Gasteiger partial charge in [-0.3, -0.25) is 19.4 Å². The number of amides is 2. The number of benzene rings is 1. The van der Waals surface area contributed by atoms with Crippen LogP contribution in [0.3, 0.4) is 0 Å². The molecule has 2 atom stereocenters. The molecule has 0 spiro atoms. The average molecular weight is 802 g/mol. The van der Waals surface area contributed by atoms with Crippen molar-refractivity contribution in [2.75, 3.05) is 26.2 Å². The van der Waals surface area contributed by atoms with E-state index in [1.54, 1.807) is 11.0 Å². The first-order valence-corrected chi connectivity index (χ1v) is 19.0. The van der Waals surface area contributed by atoms with Gasteiger partial charge in [0.25, 0.3) is 5.91 Å². The molecule has 0 saturated carbocycles. The van der Waals surface area contributed by atoms with E-state index in [1.165, 1.54) is 11.1 Å². The fraction of sp³-hybridized carbons (Fsp3) is 0.526. The number of thiophene rings is 1. The molecule has 4 heterocycles. The van der Waals surface area contributed by atoms with Crippen LogP contribution >= 0.6 is 11.3 Å². The molecule has 3 aromatic rings. The number of carboxylic acid groups (broad SMARTS) is 1. The quantitative estimate of drug-likeness (QED) is 0.123. The van der Waals surface area contributed by atoms with Gasteiger partial charge in [-0.1, -0.05) is 31.5 Å². The minimum atomic E-state index is -4.74. The van der Waals surface area contributed by atoms with E-state index in [9.17, 15) is 45.8 Å². The van der Waals surface area contributed by atoms with Gasteiger partial charge < -0.3 is 29.9 Å². The lowest BCUT2D eigenvalue weighted by Gasteiger charge is -2.45. The van der Waals surface area contributed by atoms with Gasteiger partial charge in [0, 0.05) is 55.3 Å². The van der Waals surface area contributed by atoms with Crippen molar-refractivity contribution in [3.63, 3.8) is 0 Å². The van der Waals surface area contributed by atoms with E-state index in [2.05, 4.69) is 4.98 Å². The fourth-order valence-electron chi connectivity index (χ4n) is 6.98. The Kier molecular flexibility index (Phi) is 15.0. The van der Waals surface area contributed by atoms with Crippen molar-refractivity contribution in [3.8, 4) is 11.5 Å². The molecule has 3 N–H and O–H groups in total. The Hall–Kier alpha value is -4.38. The van der Waals surface area contributed by atoms with Crippen LogP contribution in [0, 0.1) is 5.92 Å². The molecule has 0 aliphatic carbocycles. The summed E-state index contributed by atoms with van der Waals surface area (Å²) < 4.78 is 82.1. The molecule has 2 fully saturated rings. The van der Waals surface area contributed by atoms with Gasteiger partial charge in [-0.25, -0.2) is 0 Å². The maximum Gasteiger partial charge on any atom is 0.425 e. The number of rotatable bonds is 12. The summed E-state index contributed by atoms with van der Waals surface area (Å²) >= 11 is 0.481. The molecule has 2 aliphatic heterocycles. The fourth-order valence-corrected chi connectivity index (χ4v) is 7.62. The summed E-state index contributed by atoms with van der Waals surface area (Å²) in [5.74, 6) is -2.15. The largest absolute Gasteiger partial charge is 0.507 e. The normalized spacial score (nSPS) is 18.6. The highest BCUT2D eigenvalue weighted by Crippen LogP contribution is 2.40. The summed E-state index contributed by atoms with van der Waals surface area (Å²) in [6.07, 6.45) is -3.16. The Morgan fingerprint density at radius 3 is 2.29 bits per heavy atom. The summed E-state index contributed by atoms with van der Waals surface area (Å²) in [6, 6.07) is 9.38. The molecule has 55 heavy (non-hydrogen) atoms. The average Bonchev–Trinajstić information content (AvgIpc) is 3.60. The number of ether oxygens (including phenoxy) is 1. The van der Waals surface area contributed by atoms with Crippen LogP contribution < -0.4 is 4.74 Å². The lowest BCUT2D eigenvalue weighted by atomic mass is 9.81. The summed E-state index contributed by atoms with van der Waals surface area (Å²) in [7, 11) is 0. The molecule has 17 heteroatoms. The predicted octanol–water partition coefficient (Wildman–Crippen LogP) is 8.13. The van der Waals surface area contributed by atoms with E-state index >= 15 is 0 Å². The molecule has 2 unspecified atom stereocenters. The number of nitrogens with zero attached hydrogens (tertiary/aromatic N) is 3. The zero-order chi connectivity index (χ0) is 40.4. The lowest BCUT2D eigenvalue weighted by molar-refractivity contribution is -0.144. The van der Waals surface area contributed by atoms with Gasteiger partial charge in [0.15, 0.2) is 0 Å². The van der Waals surface area contributed by atoms with Crippen molar-refractivity contribution in [2.24, 2.45) is 5.92 Å². The molecule has 2 amide bonds. The number of aromatic nitrogens is 1. The summed E-state index contributed by atoms with van der Waals surface area (Å²) in [6.45, 7) is 3.10. The Labute approximate surface area is 318 Å². The van der Waals surface area contributed by atoms with Crippen LogP contribution in [-0.4, -0.2) is 80.2 Å². The van der Waals surface area contributed by atoms with E-state index in [0.29, 0.717) is 80.3 Å². The van der Waals surface area contributed by atoms with Gasteiger partial charge >= 0.3 is 18.3 Å². The molecule has 2 aromatic heterocycles. The third-order valence-electron chi connectivity index (χ3n) is 9.71. The highest BCUT2D eigenvalue weighted by molar-refractivity contribution is 7.10. The summed E-state index contributed by atoms with van der Waals surface area (Å²) in [4.78, 5) is 44.2. The molecule has 0 radical (unpaired) electrons. The minimum Gasteiger partial charge on any atom is -0.507 e. The molecule has 0 bridgehead atoms. The van der Waals surface area contributed by atoms with Gasteiger partial charge in [-0.15, -0.1) is 11.3 Å². The molecule has 10 nitrogen and oxygen atoms in total. The molecule has 302 valence electrons. The molecule has 2 aliphatic rings. The Balaban J connectivity index is 0.000000583. The first-order chi connectivity index (χ1) is 26.0. The first kappa shape index (κ1) is 43.3. The number of para-hydroxylation sites is 1. The second-order valence-corrected chi connectivity index (χ2v) is 14.5. The van der Waals surface area contributed by atoms with E-state index in [4.69, 9.17) is 14.9 Å². The number of carbonyl (C=O) groups is 3. The SMILES string of the molecule is CCCC1C(C(=O)N2CCC(O)(c3ccccc3OCCCCCC(=O)O)CC2)CCCN1C(=O)c1ncccc1C(F)(F)F.Oc1csc(C(F)(F)F)c1. The number of unbranched alkanes of at least 4 members (excludes halogenated alkanes) is 2. The number of halogens is 6. The highest BCUT2D eigenvalue weighted by Gasteiger charge is 2.45. The van der Waals surface area contributed by atoms with Gasteiger partial charge in [-0.05, 0) is 69.6 Å². The van der Waals surface area contributed by atoms with Crippen molar-refractivity contribution in [2.45, 2.75) is 95.1 Å². The van der Waals surface area contributed by atoms with Crippen LogP contribution in [0.5, 0.6) is 11.5 Å². The first-order valence-electron chi connectivity index (χ1n) is 18.1. The summed E-state index contributed by atoms with van der Waals surface area (Å²) in [5.41, 5.74) is -2.32. The number of aromatic hydroxyl groups is 1. The molecule has 5 rings (SSSR count). The van der Waals surface area contributed by atoms with Crippen LogP contribution in [0.25, 0.3) is 0 Å². The number of alkyl halides is 6. The third-order valence-corrected chi connectivity index (χ3v) is 10.7. The second-order valence-electron chi connectivity index (χ2n) is 13.6. The number of piperidine rings is 2. The smallest absolute Gasteiger partial charge is 0.425 e. The predicted molar refractivity (Wildman–Crippen MR) is 190 cm³/mol. The number of likely N-dealkylation sites (tertiary alicyclic amines) is 2. The maximum absolute atomic E-state index is 13.9. The highest BCUT2D eigenvalue weighted by atomic mass is 32.1. The monoisotopic (exact) mass is 801 g/mol. The van der Waals surface area contributed by atoms with Gasteiger partial charge in [0.2, 0.25) is 5.91 Å². The Morgan fingerprint density at radius 2 is 1.69 bits per heavy atom. The summed E-state index contributed by atoms with van der Waals surface area (Å²) in [5, 5.41) is 30.0. The van der Waals surface area contributed by atoms with Crippen molar-refractivity contribution in [1.82, 2.24) is 14.8 Å². The van der Waals surface area contributed by atoms with E-state index in [1.807, 2.05) is 25.1 Å². The van der Waals surface area contributed by atoms with E-state index in [-0.39, 0.29) is 50.6 Å². The molecule has 1 aromatic carbocycles. The van der Waals surface area contributed by atoms with Crippen LogP contribution in [0.1, 0.15) is 97.6 Å². The Bertz CT molecular complexity index is 1740. The topological polar surface area (TPSA) is 140 Å². The van der Waals surface area contributed by atoms with Crippen molar-refractivity contribution in [3.05, 3.63) is 75.7 Å². The van der Waals surface area contributed by atoms with Crippen molar-refractivity contribution >= 4 is 29.1 Å². The van der Waals surface area contributed by atoms with Crippen LogP contribution in [-0.2, 0) is 27.5 Å². The maximum atomic E-state index is 13.9. The molecular formula is C38H45F6N3O7S. The minimum absolute atomic E-state index is 0.114. The molecular weight excluding hydrogens is 756 g/mol. The van der Waals surface area contributed by atoms with Crippen LogP contribution in [0.4, 0.5) is 26.3 Å². The lowest BCUT2D eigenvalue weighted by Crippen LogP contribution is -2.55. The third kappa shape index (κ3) is 11.6. The van der Waals surface area contributed by atoms with Gasteiger partial charge in [0.1, 0.15) is 22.1 Å². The number of carbonyl (C=O) groups excluding carboxylic acids is 2. The Morgan fingerprint density at radius 1 is 0.982 bits per heavy atom. The second kappa shape index (κ2) is 19.0. The van der Waals surface area contributed by atoms with Gasteiger partial charge in [-0.2, -0.15) is 26.3 Å². The number of pyridine rings is 1. The van der Waals surface area contributed by atoms with E-state index < -0.39 is 57.9 Å². The number of carboxylic acids is 1. The number of hydrogen-bond acceptors (Lipinski definition) is 8. The van der Waals surface area contributed by atoms with Crippen LogP contribution in [0.15, 0.2) is 54.0 Å². The van der Waals surface area contributed by atoms with Crippen molar-refractivity contribution < 1.29 is 60.8 Å². The number of aliphatic carboxylic acids is 1. The standard InChI is InChI=1S/C33H42F3N3O6.C5H3F3OS/c1-2-10-26-23(11-9-19-39(26)31(43)29-25(33(34,35)36)13-8-18-37-29)30(42)38-20-16-32(44,17-21-38)24-12-5-6-14-27(24)45-22-7-3-4-15-28(40)41;6-5(7,8)4-1-3(9)2-10-4/h5-6,8,12-14,18,23,26,44H,2-4,7,9-11,15-17,19-22H2,1H3,(H,40,41);1-2,9H. The van der Waals surface area contributed by atoms with E-state index in [0.717, 1.165) is 17.5 Å².